The first-order valence-corrected chi connectivity index (χ1v) is 6.92. The van der Waals surface area contributed by atoms with Gasteiger partial charge in [-0.05, 0) is 28.0 Å². The summed E-state index contributed by atoms with van der Waals surface area (Å²) >= 11 is 0. The minimum absolute atomic E-state index is 0.0274. The first-order valence-electron chi connectivity index (χ1n) is 6.92. The molecule has 2 N–H and O–H groups in total. The van der Waals surface area contributed by atoms with Crippen molar-refractivity contribution in [3.05, 3.63) is 56.2 Å². The molecular weight excluding hydrogens is 318 g/mol. The number of nitrogens with zero attached hydrogens (tertiary/aromatic N) is 3. The summed E-state index contributed by atoms with van der Waals surface area (Å²) in [5.74, 6) is -0.359. The molecule has 2 aromatic carbocycles. The highest BCUT2D eigenvalue weighted by molar-refractivity contribution is 5.60. The van der Waals surface area contributed by atoms with E-state index in [0.29, 0.717) is 11.1 Å². The summed E-state index contributed by atoms with van der Waals surface area (Å²) in [5.41, 5.74) is 0.606. The predicted octanol–water partition coefficient (Wildman–Crippen LogP) is 3.70. The summed E-state index contributed by atoms with van der Waals surface area (Å²) in [7, 11) is 0. The van der Waals surface area contributed by atoms with E-state index in [0.717, 1.165) is 0 Å². The summed E-state index contributed by atoms with van der Waals surface area (Å²) in [4.78, 5) is 32.6. The topological polar surface area (TPSA) is 138 Å². The monoisotopic (exact) mass is 329 g/mol. The Balaban J connectivity index is 2.05. The second-order valence-electron chi connectivity index (χ2n) is 5.29. The van der Waals surface area contributed by atoms with Gasteiger partial charge in [0.05, 0.1) is 0 Å². The number of phenolic OH excluding ortho intramolecular Hbond substituents is 2. The largest absolute Gasteiger partial charge is 0.508 e. The van der Waals surface area contributed by atoms with E-state index in [4.69, 9.17) is 4.74 Å². The van der Waals surface area contributed by atoms with Gasteiger partial charge in [-0.25, -0.2) is 0 Å². The Hall–Kier alpha value is -3.36. The molecule has 9 heteroatoms. The maximum atomic E-state index is 11.2. The standard InChI is InChI=1S/C15H11N3O6/c19-8-4-11(17-22)9-6-12(18-23)15(24-14(9)5-8)7-1-2-10(16-21)13(20)3-7/h1-5,12,15,19-20H,6H2/t12-,15+/m0/s1. The number of benzene rings is 2. The second kappa shape index (κ2) is 6.03. The number of ether oxygens (including phenoxy) is 1. The minimum Gasteiger partial charge on any atom is -0.508 e. The van der Waals surface area contributed by atoms with Gasteiger partial charge in [0.15, 0.2) is 0 Å². The Morgan fingerprint density at radius 2 is 1.75 bits per heavy atom. The van der Waals surface area contributed by atoms with Crippen molar-refractivity contribution in [3.8, 4) is 17.2 Å². The zero-order valence-electron chi connectivity index (χ0n) is 12.1. The van der Waals surface area contributed by atoms with Crippen LogP contribution in [0.2, 0.25) is 0 Å². The van der Waals surface area contributed by atoms with Gasteiger partial charge in [-0.1, -0.05) is 11.2 Å². The van der Waals surface area contributed by atoms with Gasteiger partial charge in [0.25, 0.3) is 0 Å². The van der Waals surface area contributed by atoms with E-state index in [1.54, 1.807) is 0 Å². The quantitative estimate of drug-likeness (QED) is 0.820. The lowest BCUT2D eigenvalue weighted by atomic mass is 9.92. The summed E-state index contributed by atoms with van der Waals surface area (Å²) in [5, 5.41) is 27.9. The van der Waals surface area contributed by atoms with Crippen LogP contribution in [0.4, 0.5) is 11.4 Å². The van der Waals surface area contributed by atoms with Crippen LogP contribution in [0.1, 0.15) is 17.2 Å². The average Bonchev–Trinajstić information content (AvgIpc) is 2.59. The molecule has 9 nitrogen and oxygen atoms in total. The molecule has 2 atom stereocenters. The van der Waals surface area contributed by atoms with Crippen LogP contribution in [0.25, 0.3) is 0 Å². The molecule has 0 spiro atoms. The van der Waals surface area contributed by atoms with Crippen LogP contribution in [0.15, 0.2) is 45.9 Å². The fourth-order valence-corrected chi connectivity index (χ4v) is 2.72. The van der Waals surface area contributed by atoms with E-state index < -0.39 is 12.1 Å². The van der Waals surface area contributed by atoms with Crippen molar-refractivity contribution < 1.29 is 14.9 Å². The number of fused-ring (bicyclic) bond motifs is 1. The molecule has 0 fully saturated rings. The van der Waals surface area contributed by atoms with Gasteiger partial charge >= 0.3 is 0 Å². The van der Waals surface area contributed by atoms with Crippen LogP contribution in [0, 0.1) is 14.7 Å². The Kier molecular flexibility index (Phi) is 3.90. The molecule has 24 heavy (non-hydrogen) atoms. The summed E-state index contributed by atoms with van der Waals surface area (Å²) in [6, 6.07) is 5.63. The van der Waals surface area contributed by atoms with Crippen LogP contribution >= 0.6 is 0 Å². The Morgan fingerprint density at radius 1 is 1.00 bits per heavy atom. The molecule has 0 radical (unpaired) electrons. The van der Waals surface area contributed by atoms with Crippen molar-refractivity contribution >= 4 is 11.4 Å². The van der Waals surface area contributed by atoms with Crippen molar-refractivity contribution in [2.75, 3.05) is 0 Å². The van der Waals surface area contributed by atoms with Gasteiger partial charge < -0.3 is 14.9 Å². The first kappa shape index (κ1) is 15.5. The average molecular weight is 329 g/mol. The Bertz CT molecular complexity index is 838. The number of aromatic hydroxyl groups is 2. The van der Waals surface area contributed by atoms with Gasteiger partial charge in [-0.2, -0.15) is 4.91 Å². The van der Waals surface area contributed by atoms with E-state index in [1.807, 2.05) is 0 Å². The maximum Gasteiger partial charge on any atom is 0.150 e. The molecule has 0 aliphatic carbocycles. The predicted molar refractivity (Wildman–Crippen MR) is 83.8 cm³/mol. The normalized spacial score (nSPS) is 19.0. The lowest BCUT2D eigenvalue weighted by Crippen LogP contribution is -2.28. The van der Waals surface area contributed by atoms with E-state index in [1.165, 1.54) is 30.3 Å². The van der Waals surface area contributed by atoms with E-state index in [-0.39, 0.29) is 35.0 Å². The minimum atomic E-state index is -0.878. The van der Waals surface area contributed by atoms with Gasteiger partial charge in [0, 0.05) is 24.1 Å². The fourth-order valence-electron chi connectivity index (χ4n) is 2.72. The Labute approximate surface area is 134 Å². The number of nitroso groups, excluding NO2 is 3. The van der Waals surface area contributed by atoms with Crippen LogP contribution in [0.5, 0.6) is 17.2 Å². The lowest BCUT2D eigenvalue weighted by Gasteiger charge is -2.30. The zero-order chi connectivity index (χ0) is 17.3. The van der Waals surface area contributed by atoms with Crippen molar-refractivity contribution in [1.82, 2.24) is 0 Å². The molecule has 0 saturated heterocycles. The molecular formula is C15H11N3O6. The fraction of sp³-hybridized carbons (Fsp3) is 0.200. The number of rotatable bonds is 4. The molecule has 0 amide bonds. The molecule has 3 rings (SSSR count). The summed E-state index contributed by atoms with van der Waals surface area (Å²) in [6.45, 7) is 0. The number of hydrogen-bond donors (Lipinski definition) is 2. The highest BCUT2D eigenvalue weighted by Crippen LogP contribution is 2.44. The highest BCUT2D eigenvalue weighted by atomic mass is 16.5. The highest BCUT2D eigenvalue weighted by Gasteiger charge is 2.35. The van der Waals surface area contributed by atoms with E-state index in [2.05, 4.69) is 15.5 Å². The van der Waals surface area contributed by atoms with Crippen LogP contribution < -0.4 is 4.74 Å². The molecule has 1 aliphatic heterocycles. The Morgan fingerprint density at radius 3 is 2.38 bits per heavy atom. The van der Waals surface area contributed by atoms with Gasteiger partial charge in [-0.15, -0.1) is 9.81 Å². The van der Waals surface area contributed by atoms with Crippen molar-refractivity contribution in [2.24, 2.45) is 15.5 Å². The molecule has 1 aliphatic rings. The molecule has 0 bridgehead atoms. The summed E-state index contributed by atoms with van der Waals surface area (Å²) in [6.07, 6.45) is -0.776. The molecule has 122 valence electrons. The van der Waals surface area contributed by atoms with Gasteiger partial charge in [-0.3, -0.25) is 0 Å². The molecule has 0 saturated carbocycles. The summed E-state index contributed by atoms with van der Waals surface area (Å²) < 4.78 is 5.70. The van der Waals surface area contributed by atoms with Gasteiger partial charge in [0.1, 0.15) is 40.8 Å². The maximum absolute atomic E-state index is 11.2. The van der Waals surface area contributed by atoms with E-state index in [9.17, 15) is 24.9 Å². The molecule has 0 unspecified atom stereocenters. The third-order valence-electron chi connectivity index (χ3n) is 3.85. The van der Waals surface area contributed by atoms with Crippen LogP contribution in [-0.4, -0.2) is 16.3 Å². The molecule has 0 aromatic heterocycles. The number of hydrogen-bond acceptors (Lipinski definition) is 9. The smallest absolute Gasteiger partial charge is 0.150 e. The first-order chi connectivity index (χ1) is 11.6. The third-order valence-corrected chi connectivity index (χ3v) is 3.85. The van der Waals surface area contributed by atoms with Gasteiger partial charge in [0.2, 0.25) is 0 Å². The lowest BCUT2D eigenvalue weighted by molar-refractivity contribution is 0.153. The molecule has 1 heterocycles. The van der Waals surface area contributed by atoms with Crippen molar-refractivity contribution in [3.63, 3.8) is 0 Å². The van der Waals surface area contributed by atoms with Crippen molar-refractivity contribution in [2.45, 2.75) is 18.6 Å². The van der Waals surface area contributed by atoms with Crippen LogP contribution in [0.3, 0.4) is 0 Å². The zero-order valence-corrected chi connectivity index (χ0v) is 12.1. The second-order valence-corrected chi connectivity index (χ2v) is 5.29. The third kappa shape index (κ3) is 2.56. The van der Waals surface area contributed by atoms with Crippen molar-refractivity contribution in [1.29, 1.82) is 0 Å². The number of phenols is 2. The van der Waals surface area contributed by atoms with Crippen LogP contribution in [-0.2, 0) is 6.42 Å². The molecule has 2 aromatic rings. The van der Waals surface area contributed by atoms with E-state index >= 15 is 0 Å². The SMILES string of the molecule is O=Nc1ccc([C@H]2Oc3cc(O)cc(N=O)c3C[C@@H]2N=O)cc1O.